The van der Waals surface area contributed by atoms with Gasteiger partial charge < -0.3 is 19.9 Å². The molecule has 0 heterocycles. The fraction of sp³-hybridized carbons (Fsp3) is 0.190. The van der Waals surface area contributed by atoms with E-state index in [4.69, 9.17) is 26.2 Å². The van der Waals surface area contributed by atoms with Crippen LogP contribution in [0.15, 0.2) is 42.0 Å². The SMILES string of the molecule is CCOc1cc(/C=C(\C#N)C(=O)Nc2ccc(C)cc2)cc(Cl)c1OCC(=O)O. The molecule has 0 unspecified atom stereocenters. The van der Waals surface area contributed by atoms with Crippen LogP contribution in [0.25, 0.3) is 6.08 Å². The Balaban J connectivity index is 2.31. The maximum atomic E-state index is 12.4. The third-order valence-corrected chi connectivity index (χ3v) is 3.94. The second-order valence-electron chi connectivity index (χ2n) is 5.94. The highest BCUT2D eigenvalue weighted by molar-refractivity contribution is 6.32. The molecule has 0 aromatic heterocycles. The van der Waals surface area contributed by atoms with Crippen molar-refractivity contribution in [2.24, 2.45) is 0 Å². The number of nitrogens with one attached hydrogen (secondary N) is 1. The van der Waals surface area contributed by atoms with Crippen LogP contribution in [0.1, 0.15) is 18.1 Å². The predicted molar refractivity (Wildman–Crippen MR) is 109 cm³/mol. The van der Waals surface area contributed by atoms with Gasteiger partial charge in [-0.05, 0) is 49.8 Å². The first kappa shape index (κ1) is 21.8. The highest BCUT2D eigenvalue weighted by Gasteiger charge is 2.15. The molecule has 0 radical (unpaired) electrons. The molecule has 0 aliphatic rings. The quantitative estimate of drug-likeness (QED) is 0.498. The number of amides is 1. The van der Waals surface area contributed by atoms with Crippen LogP contribution < -0.4 is 14.8 Å². The van der Waals surface area contributed by atoms with Crippen LogP contribution in [0.2, 0.25) is 5.02 Å². The summed E-state index contributed by atoms with van der Waals surface area (Å²) < 4.78 is 10.6. The second-order valence-corrected chi connectivity index (χ2v) is 6.34. The van der Waals surface area contributed by atoms with Gasteiger partial charge in [0.1, 0.15) is 11.6 Å². The number of carboxylic acids is 1. The molecular weight excluding hydrogens is 396 g/mol. The highest BCUT2D eigenvalue weighted by atomic mass is 35.5. The van der Waals surface area contributed by atoms with E-state index in [1.54, 1.807) is 19.1 Å². The van der Waals surface area contributed by atoms with E-state index in [9.17, 15) is 14.9 Å². The molecule has 0 aliphatic carbocycles. The van der Waals surface area contributed by atoms with Gasteiger partial charge in [0.05, 0.1) is 11.6 Å². The Morgan fingerprint density at radius 3 is 2.52 bits per heavy atom. The van der Waals surface area contributed by atoms with E-state index in [-0.39, 0.29) is 28.7 Å². The van der Waals surface area contributed by atoms with Gasteiger partial charge in [0, 0.05) is 5.69 Å². The second kappa shape index (κ2) is 10.2. The molecule has 2 aromatic rings. The molecule has 1 amide bonds. The zero-order valence-corrected chi connectivity index (χ0v) is 16.6. The number of benzene rings is 2. The Bertz CT molecular complexity index is 978. The summed E-state index contributed by atoms with van der Waals surface area (Å²) >= 11 is 6.19. The fourth-order valence-corrected chi connectivity index (χ4v) is 2.63. The lowest BCUT2D eigenvalue weighted by Gasteiger charge is -2.13. The van der Waals surface area contributed by atoms with Gasteiger partial charge in [-0.3, -0.25) is 4.79 Å². The van der Waals surface area contributed by atoms with Crippen LogP contribution >= 0.6 is 11.6 Å². The minimum atomic E-state index is -1.16. The van der Waals surface area contributed by atoms with Gasteiger partial charge in [-0.15, -0.1) is 0 Å². The van der Waals surface area contributed by atoms with Crippen molar-refractivity contribution in [3.05, 3.63) is 58.1 Å². The predicted octanol–water partition coefficient (Wildman–Crippen LogP) is 4.06. The molecule has 150 valence electrons. The lowest BCUT2D eigenvalue weighted by Crippen LogP contribution is -2.13. The Morgan fingerprint density at radius 2 is 1.93 bits per heavy atom. The summed E-state index contributed by atoms with van der Waals surface area (Å²) in [6, 6.07) is 12.0. The first-order valence-electron chi connectivity index (χ1n) is 8.64. The van der Waals surface area contributed by atoms with E-state index in [1.807, 2.05) is 25.1 Å². The topological polar surface area (TPSA) is 109 Å². The molecule has 8 heteroatoms. The van der Waals surface area contributed by atoms with E-state index in [1.165, 1.54) is 18.2 Å². The van der Waals surface area contributed by atoms with Crippen LogP contribution in [0, 0.1) is 18.3 Å². The van der Waals surface area contributed by atoms with Crippen LogP contribution in [0.3, 0.4) is 0 Å². The molecule has 0 spiro atoms. The number of nitrogens with zero attached hydrogens (tertiary/aromatic N) is 1. The van der Waals surface area contributed by atoms with Crippen molar-refractivity contribution in [3.63, 3.8) is 0 Å². The van der Waals surface area contributed by atoms with Gasteiger partial charge in [-0.1, -0.05) is 29.3 Å². The molecule has 0 fully saturated rings. The number of halogens is 1. The molecule has 2 aromatic carbocycles. The fourth-order valence-electron chi connectivity index (χ4n) is 2.36. The normalized spacial score (nSPS) is 10.8. The van der Waals surface area contributed by atoms with Gasteiger partial charge in [0.25, 0.3) is 5.91 Å². The summed E-state index contributed by atoms with van der Waals surface area (Å²) in [4.78, 5) is 23.2. The van der Waals surface area contributed by atoms with Crippen molar-refractivity contribution in [2.75, 3.05) is 18.5 Å². The number of hydrogen-bond acceptors (Lipinski definition) is 5. The van der Waals surface area contributed by atoms with Gasteiger partial charge in [0.15, 0.2) is 18.1 Å². The smallest absolute Gasteiger partial charge is 0.341 e. The van der Waals surface area contributed by atoms with E-state index in [2.05, 4.69) is 5.32 Å². The average Bonchev–Trinajstić information content (AvgIpc) is 2.67. The van der Waals surface area contributed by atoms with Crippen LogP contribution in [-0.4, -0.2) is 30.2 Å². The number of hydrogen-bond donors (Lipinski definition) is 2. The summed E-state index contributed by atoms with van der Waals surface area (Å²) in [5, 5.41) is 20.9. The Kier molecular flexibility index (Phi) is 7.63. The number of ether oxygens (including phenoxy) is 2. The van der Waals surface area contributed by atoms with Crippen molar-refractivity contribution in [1.82, 2.24) is 0 Å². The van der Waals surface area contributed by atoms with Crippen LogP contribution in [-0.2, 0) is 9.59 Å². The Hall–Kier alpha value is -3.50. The maximum Gasteiger partial charge on any atom is 0.341 e. The Labute approximate surface area is 173 Å². The molecule has 0 aliphatic heterocycles. The van der Waals surface area contributed by atoms with E-state index in [0.29, 0.717) is 11.3 Å². The molecule has 0 atom stereocenters. The molecule has 0 saturated heterocycles. The van der Waals surface area contributed by atoms with Gasteiger partial charge in [0.2, 0.25) is 0 Å². The first-order valence-corrected chi connectivity index (χ1v) is 9.02. The molecule has 2 rings (SSSR count). The Morgan fingerprint density at radius 1 is 1.24 bits per heavy atom. The number of rotatable bonds is 8. The van der Waals surface area contributed by atoms with Gasteiger partial charge >= 0.3 is 5.97 Å². The largest absolute Gasteiger partial charge is 0.490 e. The monoisotopic (exact) mass is 414 g/mol. The standard InChI is InChI=1S/C21H19ClN2O5/c1-3-28-18-10-14(9-17(22)20(18)29-12-19(25)26)8-15(11-23)21(27)24-16-6-4-13(2)5-7-16/h4-10H,3,12H2,1-2H3,(H,24,27)(H,25,26)/b15-8+. The van der Waals surface area contributed by atoms with Crippen molar-refractivity contribution < 1.29 is 24.2 Å². The lowest BCUT2D eigenvalue weighted by atomic mass is 10.1. The van der Waals surface area contributed by atoms with Crippen LogP contribution in [0.5, 0.6) is 11.5 Å². The minimum Gasteiger partial charge on any atom is -0.490 e. The number of carbonyl (C=O) groups excluding carboxylic acids is 1. The minimum absolute atomic E-state index is 0.0793. The molecule has 0 saturated carbocycles. The highest BCUT2D eigenvalue weighted by Crippen LogP contribution is 2.37. The summed E-state index contributed by atoms with van der Waals surface area (Å²) in [6.07, 6.45) is 1.36. The molecule has 29 heavy (non-hydrogen) atoms. The van der Waals surface area contributed by atoms with Gasteiger partial charge in [-0.2, -0.15) is 5.26 Å². The average molecular weight is 415 g/mol. The van der Waals surface area contributed by atoms with Crippen molar-refractivity contribution in [3.8, 4) is 17.6 Å². The number of carbonyl (C=O) groups is 2. The first-order chi connectivity index (χ1) is 13.8. The number of nitriles is 1. The van der Waals surface area contributed by atoms with Gasteiger partial charge in [-0.25, -0.2) is 4.79 Å². The third kappa shape index (κ3) is 6.26. The van der Waals surface area contributed by atoms with Crippen molar-refractivity contribution in [1.29, 1.82) is 5.26 Å². The molecular formula is C21H19ClN2O5. The molecule has 7 nitrogen and oxygen atoms in total. The third-order valence-electron chi connectivity index (χ3n) is 3.66. The summed E-state index contributed by atoms with van der Waals surface area (Å²) in [5.74, 6) is -1.44. The maximum absolute atomic E-state index is 12.4. The lowest BCUT2D eigenvalue weighted by molar-refractivity contribution is -0.139. The molecule has 2 N–H and O–H groups in total. The van der Waals surface area contributed by atoms with Crippen molar-refractivity contribution >= 4 is 35.2 Å². The van der Waals surface area contributed by atoms with Crippen LogP contribution in [0.4, 0.5) is 5.69 Å². The summed E-state index contributed by atoms with van der Waals surface area (Å²) in [7, 11) is 0. The number of aryl methyl sites for hydroxylation is 1. The summed E-state index contributed by atoms with van der Waals surface area (Å²) in [6.45, 7) is 3.37. The van der Waals surface area contributed by atoms with E-state index < -0.39 is 18.5 Å². The van der Waals surface area contributed by atoms with E-state index in [0.717, 1.165) is 5.56 Å². The number of aliphatic carboxylic acids is 1. The zero-order chi connectivity index (χ0) is 21.4. The zero-order valence-electron chi connectivity index (χ0n) is 15.9. The number of carboxylic acid groups (broad SMARTS) is 1. The summed E-state index contributed by atoms with van der Waals surface area (Å²) in [5.41, 5.74) is 1.90. The van der Waals surface area contributed by atoms with E-state index >= 15 is 0 Å². The van der Waals surface area contributed by atoms with Crippen molar-refractivity contribution in [2.45, 2.75) is 13.8 Å². The molecule has 0 bridgehead atoms. The number of anilines is 1.